The van der Waals surface area contributed by atoms with Gasteiger partial charge in [0.05, 0.1) is 0 Å². The Balaban J connectivity index is 2.14. The Hall–Kier alpha value is -0.310. The average Bonchev–Trinajstić information content (AvgIpc) is 2.39. The van der Waals surface area contributed by atoms with Crippen LogP contribution in [0.4, 0.5) is 0 Å². The molecular formula is C15H13Br2Cl. The third-order valence-corrected chi connectivity index (χ3v) is 4.49. The van der Waals surface area contributed by atoms with Crippen molar-refractivity contribution in [3.63, 3.8) is 0 Å². The first-order valence-corrected chi connectivity index (χ1v) is 8.04. The zero-order chi connectivity index (χ0) is 13.0. The molecule has 3 heteroatoms. The van der Waals surface area contributed by atoms with Gasteiger partial charge >= 0.3 is 0 Å². The smallest absolute Gasteiger partial charge is 0.0406 e. The van der Waals surface area contributed by atoms with Crippen molar-refractivity contribution in [2.75, 3.05) is 5.33 Å². The van der Waals surface area contributed by atoms with E-state index in [2.05, 4.69) is 68.3 Å². The predicted molar refractivity (Wildman–Crippen MR) is 85.8 cm³/mol. The molecule has 0 aliphatic heterocycles. The molecule has 0 bridgehead atoms. The molecule has 0 heterocycles. The Morgan fingerprint density at radius 3 is 2.11 bits per heavy atom. The molecule has 0 nitrogen and oxygen atoms in total. The lowest BCUT2D eigenvalue weighted by molar-refractivity contribution is 0.775. The van der Waals surface area contributed by atoms with Crippen LogP contribution in [-0.4, -0.2) is 5.33 Å². The fourth-order valence-corrected chi connectivity index (χ4v) is 2.89. The number of alkyl halides is 1. The van der Waals surface area contributed by atoms with Crippen LogP contribution in [0, 0.1) is 0 Å². The zero-order valence-corrected chi connectivity index (χ0v) is 13.7. The summed E-state index contributed by atoms with van der Waals surface area (Å²) in [5, 5.41) is 1.75. The maximum Gasteiger partial charge on any atom is 0.0406 e. The highest BCUT2D eigenvalue weighted by atomic mass is 79.9. The van der Waals surface area contributed by atoms with Crippen molar-refractivity contribution in [2.24, 2.45) is 0 Å². The first-order valence-electron chi connectivity index (χ1n) is 5.75. The molecule has 0 saturated carbocycles. The SMILES string of the molecule is Clc1ccc(CC(CBr)c2ccc(Br)cc2)cc1. The third kappa shape index (κ3) is 3.84. The Labute approximate surface area is 130 Å². The van der Waals surface area contributed by atoms with Crippen molar-refractivity contribution in [1.29, 1.82) is 0 Å². The molecule has 0 saturated heterocycles. The number of benzene rings is 2. The Kier molecular flexibility index (Phi) is 5.28. The lowest BCUT2D eigenvalue weighted by atomic mass is 9.94. The van der Waals surface area contributed by atoms with E-state index < -0.39 is 0 Å². The van der Waals surface area contributed by atoms with Crippen LogP contribution in [0.2, 0.25) is 5.02 Å². The largest absolute Gasteiger partial charge is 0.0921 e. The average molecular weight is 389 g/mol. The van der Waals surface area contributed by atoms with Crippen molar-refractivity contribution in [1.82, 2.24) is 0 Å². The summed E-state index contributed by atoms with van der Waals surface area (Å²) in [6.07, 6.45) is 1.02. The highest BCUT2D eigenvalue weighted by molar-refractivity contribution is 9.10. The summed E-state index contributed by atoms with van der Waals surface area (Å²) in [5.41, 5.74) is 2.66. The summed E-state index contributed by atoms with van der Waals surface area (Å²) in [4.78, 5) is 0. The molecule has 0 N–H and O–H groups in total. The minimum atomic E-state index is 0.485. The van der Waals surface area contributed by atoms with E-state index in [0.29, 0.717) is 5.92 Å². The van der Waals surface area contributed by atoms with Crippen LogP contribution >= 0.6 is 43.5 Å². The zero-order valence-electron chi connectivity index (χ0n) is 9.74. The summed E-state index contributed by atoms with van der Waals surface area (Å²) in [6.45, 7) is 0. The van der Waals surface area contributed by atoms with Crippen LogP contribution in [0.3, 0.4) is 0 Å². The molecule has 1 atom stereocenters. The fourth-order valence-electron chi connectivity index (χ4n) is 1.90. The van der Waals surface area contributed by atoms with E-state index in [9.17, 15) is 0 Å². The number of halogens is 3. The van der Waals surface area contributed by atoms with E-state index >= 15 is 0 Å². The molecule has 94 valence electrons. The van der Waals surface area contributed by atoms with Gasteiger partial charge in [-0.25, -0.2) is 0 Å². The Morgan fingerprint density at radius 1 is 0.944 bits per heavy atom. The standard InChI is InChI=1S/C15H13Br2Cl/c16-10-13(12-3-5-14(17)6-4-12)9-11-1-7-15(18)8-2-11/h1-8,13H,9-10H2. The summed E-state index contributed by atoms with van der Waals surface area (Å²) in [6, 6.07) is 16.6. The number of rotatable bonds is 4. The molecule has 0 amide bonds. The second kappa shape index (κ2) is 6.74. The summed E-state index contributed by atoms with van der Waals surface area (Å²) >= 11 is 13.0. The van der Waals surface area contributed by atoms with Crippen molar-refractivity contribution in [2.45, 2.75) is 12.3 Å². The quantitative estimate of drug-likeness (QED) is 0.579. The molecule has 0 aliphatic carbocycles. The Bertz CT molecular complexity index is 491. The highest BCUT2D eigenvalue weighted by Crippen LogP contribution is 2.25. The van der Waals surface area contributed by atoms with Gasteiger partial charge in [0.1, 0.15) is 0 Å². The van der Waals surface area contributed by atoms with Gasteiger partial charge in [-0.3, -0.25) is 0 Å². The molecule has 18 heavy (non-hydrogen) atoms. The maximum absolute atomic E-state index is 5.90. The van der Waals surface area contributed by atoms with Crippen LogP contribution in [0.25, 0.3) is 0 Å². The van der Waals surface area contributed by atoms with Gasteiger partial charge in [-0.05, 0) is 47.7 Å². The van der Waals surface area contributed by atoms with Crippen LogP contribution in [0.5, 0.6) is 0 Å². The van der Waals surface area contributed by atoms with E-state index in [1.54, 1.807) is 0 Å². The molecular weight excluding hydrogens is 375 g/mol. The van der Waals surface area contributed by atoms with Crippen LogP contribution in [0.1, 0.15) is 17.0 Å². The monoisotopic (exact) mass is 386 g/mol. The van der Waals surface area contributed by atoms with Crippen LogP contribution < -0.4 is 0 Å². The number of hydrogen-bond donors (Lipinski definition) is 0. The Morgan fingerprint density at radius 2 is 1.56 bits per heavy atom. The lowest BCUT2D eigenvalue weighted by Gasteiger charge is -2.15. The second-order valence-corrected chi connectivity index (χ2v) is 6.23. The van der Waals surface area contributed by atoms with Crippen molar-refractivity contribution in [3.05, 3.63) is 69.2 Å². The third-order valence-electron chi connectivity index (χ3n) is 2.92. The minimum absolute atomic E-state index is 0.485. The van der Waals surface area contributed by atoms with Gasteiger partial charge < -0.3 is 0 Å². The molecule has 2 rings (SSSR count). The topological polar surface area (TPSA) is 0 Å². The van der Waals surface area contributed by atoms with Gasteiger partial charge in [0.25, 0.3) is 0 Å². The van der Waals surface area contributed by atoms with Gasteiger partial charge in [-0.1, -0.05) is 67.7 Å². The number of hydrogen-bond acceptors (Lipinski definition) is 0. The molecule has 0 aliphatic rings. The van der Waals surface area contributed by atoms with E-state index in [1.165, 1.54) is 11.1 Å². The van der Waals surface area contributed by atoms with Crippen LogP contribution in [-0.2, 0) is 6.42 Å². The highest BCUT2D eigenvalue weighted by Gasteiger charge is 2.11. The van der Waals surface area contributed by atoms with E-state index in [0.717, 1.165) is 21.2 Å². The maximum atomic E-state index is 5.90. The summed E-state index contributed by atoms with van der Waals surface area (Å²) < 4.78 is 1.12. The van der Waals surface area contributed by atoms with Gasteiger partial charge in [-0.15, -0.1) is 0 Å². The minimum Gasteiger partial charge on any atom is -0.0921 e. The lowest BCUT2D eigenvalue weighted by Crippen LogP contribution is -2.04. The first-order chi connectivity index (χ1) is 8.69. The van der Waals surface area contributed by atoms with Gasteiger partial charge in [0.2, 0.25) is 0 Å². The summed E-state index contributed by atoms with van der Waals surface area (Å²) in [7, 11) is 0. The van der Waals surface area contributed by atoms with Gasteiger partial charge in [0.15, 0.2) is 0 Å². The van der Waals surface area contributed by atoms with Crippen molar-refractivity contribution in [3.8, 4) is 0 Å². The first kappa shape index (κ1) is 14.1. The fraction of sp³-hybridized carbons (Fsp3) is 0.200. The van der Waals surface area contributed by atoms with Crippen LogP contribution in [0.15, 0.2) is 53.0 Å². The second-order valence-electron chi connectivity index (χ2n) is 4.23. The predicted octanol–water partition coefficient (Wildman–Crippen LogP) is 5.82. The van der Waals surface area contributed by atoms with E-state index in [-0.39, 0.29) is 0 Å². The van der Waals surface area contributed by atoms with Gasteiger partial charge in [0, 0.05) is 14.8 Å². The molecule has 2 aromatic rings. The molecule has 0 spiro atoms. The molecule has 2 aromatic carbocycles. The van der Waals surface area contributed by atoms with Crippen molar-refractivity contribution >= 4 is 43.5 Å². The normalized spacial score (nSPS) is 12.4. The van der Waals surface area contributed by atoms with E-state index in [4.69, 9.17) is 11.6 Å². The molecule has 1 unspecified atom stereocenters. The summed E-state index contributed by atoms with van der Waals surface area (Å²) in [5.74, 6) is 0.485. The van der Waals surface area contributed by atoms with Gasteiger partial charge in [-0.2, -0.15) is 0 Å². The van der Waals surface area contributed by atoms with Crippen molar-refractivity contribution < 1.29 is 0 Å². The molecule has 0 aromatic heterocycles. The molecule has 0 fully saturated rings. The van der Waals surface area contributed by atoms with E-state index in [1.807, 2.05) is 12.1 Å². The molecule has 0 radical (unpaired) electrons.